The standard InChI is InChI=1S/C8H15N.ClH/c1-9-8-5-3-6-2-4-7(6)8;/h6-9H,2-5H2,1H3;1H. The summed E-state index contributed by atoms with van der Waals surface area (Å²) in [7, 11) is 2.10. The van der Waals surface area contributed by atoms with Crippen LogP contribution in [0.1, 0.15) is 25.7 Å². The Morgan fingerprint density at radius 2 is 1.80 bits per heavy atom. The van der Waals surface area contributed by atoms with Gasteiger partial charge in [0, 0.05) is 6.04 Å². The molecule has 0 radical (unpaired) electrons. The summed E-state index contributed by atoms with van der Waals surface area (Å²) in [5, 5.41) is 3.40. The Hall–Kier alpha value is 0.250. The number of fused-ring (bicyclic) bond motifs is 1. The lowest BCUT2D eigenvalue weighted by Gasteiger charge is -2.33. The maximum absolute atomic E-state index is 3.40. The number of hydrogen-bond donors (Lipinski definition) is 1. The lowest BCUT2D eigenvalue weighted by Crippen LogP contribution is -2.36. The molecule has 3 unspecified atom stereocenters. The Labute approximate surface area is 69.0 Å². The van der Waals surface area contributed by atoms with Gasteiger partial charge in [-0.3, -0.25) is 0 Å². The van der Waals surface area contributed by atoms with Crippen molar-refractivity contribution in [1.82, 2.24) is 5.32 Å². The van der Waals surface area contributed by atoms with Gasteiger partial charge in [-0.25, -0.2) is 0 Å². The average molecular weight is 162 g/mol. The van der Waals surface area contributed by atoms with Gasteiger partial charge in [-0.1, -0.05) is 0 Å². The minimum Gasteiger partial charge on any atom is -0.317 e. The lowest BCUT2D eigenvalue weighted by atomic mass is 9.75. The van der Waals surface area contributed by atoms with Gasteiger partial charge in [-0.05, 0) is 44.6 Å². The third-order valence-electron chi connectivity index (χ3n) is 3.21. The molecule has 2 aliphatic rings. The second kappa shape index (κ2) is 3.10. The van der Waals surface area contributed by atoms with Crippen molar-refractivity contribution < 1.29 is 0 Å². The molecule has 2 rings (SSSR count). The summed E-state index contributed by atoms with van der Waals surface area (Å²) >= 11 is 0. The van der Waals surface area contributed by atoms with Crippen LogP contribution in [-0.2, 0) is 0 Å². The monoisotopic (exact) mass is 161 g/mol. The van der Waals surface area contributed by atoms with Gasteiger partial charge in [0.2, 0.25) is 0 Å². The zero-order valence-electron chi connectivity index (χ0n) is 6.47. The molecular formula is C8H16ClN. The molecule has 0 saturated heterocycles. The van der Waals surface area contributed by atoms with Crippen LogP contribution >= 0.6 is 12.4 Å². The minimum atomic E-state index is 0. The average Bonchev–Trinajstić information content (AvgIpc) is 2.07. The van der Waals surface area contributed by atoms with E-state index in [4.69, 9.17) is 0 Å². The van der Waals surface area contributed by atoms with Crippen LogP contribution in [0.3, 0.4) is 0 Å². The SMILES string of the molecule is CNC1CCC2CCC21.Cl. The summed E-state index contributed by atoms with van der Waals surface area (Å²) < 4.78 is 0. The van der Waals surface area contributed by atoms with Crippen LogP contribution in [-0.4, -0.2) is 13.1 Å². The van der Waals surface area contributed by atoms with E-state index in [0.29, 0.717) is 0 Å². The molecule has 0 amide bonds. The van der Waals surface area contributed by atoms with Gasteiger partial charge in [0.15, 0.2) is 0 Å². The summed E-state index contributed by atoms with van der Waals surface area (Å²) in [6.45, 7) is 0. The summed E-state index contributed by atoms with van der Waals surface area (Å²) in [6, 6.07) is 0.878. The smallest absolute Gasteiger partial charge is 0.00950 e. The van der Waals surface area contributed by atoms with Crippen molar-refractivity contribution in [3.8, 4) is 0 Å². The molecular weight excluding hydrogens is 146 g/mol. The summed E-state index contributed by atoms with van der Waals surface area (Å²) in [6.07, 6.45) is 5.95. The zero-order valence-corrected chi connectivity index (χ0v) is 7.29. The first-order valence-corrected chi connectivity index (χ1v) is 4.09. The highest BCUT2D eigenvalue weighted by Crippen LogP contribution is 2.46. The van der Waals surface area contributed by atoms with Gasteiger partial charge in [0.1, 0.15) is 0 Å². The number of hydrogen-bond acceptors (Lipinski definition) is 1. The van der Waals surface area contributed by atoms with Crippen LogP contribution in [0, 0.1) is 11.8 Å². The molecule has 0 bridgehead atoms. The predicted octanol–water partition coefficient (Wildman–Crippen LogP) is 1.82. The number of halogens is 1. The molecule has 0 aromatic heterocycles. The molecule has 2 saturated carbocycles. The zero-order chi connectivity index (χ0) is 6.27. The molecule has 0 aromatic carbocycles. The van der Waals surface area contributed by atoms with Gasteiger partial charge in [0.05, 0.1) is 0 Å². The topological polar surface area (TPSA) is 12.0 Å². The van der Waals surface area contributed by atoms with Crippen LogP contribution in [0.2, 0.25) is 0 Å². The van der Waals surface area contributed by atoms with Crippen LogP contribution in [0.4, 0.5) is 0 Å². The normalized spacial score (nSPS) is 43.5. The van der Waals surface area contributed by atoms with E-state index in [1.807, 2.05) is 0 Å². The lowest BCUT2D eigenvalue weighted by molar-refractivity contribution is 0.190. The maximum atomic E-state index is 3.40. The molecule has 1 N–H and O–H groups in total. The van der Waals surface area contributed by atoms with Gasteiger partial charge in [0.25, 0.3) is 0 Å². The molecule has 2 heteroatoms. The van der Waals surface area contributed by atoms with E-state index >= 15 is 0 Å². The fourth-order valence-corrected chi connectivity index (χ4v) is 2.45. The van der Waals surface area contributed by atoms with Crippen LogP contribution in [0.25, 0.3) is 0 Å². The molecule has 60 valence electrons. The van der Waals surface area contributed by atoms with Gasteiger partial charge >= 0.3 is 0 Å². The fourth-order valence-electron chi connectivity index (χ4n) is 2.45. The van der Waals surface area contributed by atoms with E-state index in [1.54, 1.807) is 0 Å². The third-order valence-corrected chi connectivity index (χ3v) is 3.21. The van der Waals surface area contributed by atoms with Crippen molar-refractivity contribution in [2.75, 3.05) is 7.05 Å². The van der Waals surface area contributed by atoms with Crippen LogP contribution in [0.5, 0.6) is 0 Å². The van der Waals surface area contributed by atoms with Crippen molar-refractivity contribution in [1.29, 1.82) is 0 Å². The van der Waals surface area contributed by atoms with Gasteiger partial charge < -0.3 is 5.32 Å². The van der Waals surface area contributed by atoms with Gasteiger partial charge in [-0.15, -0.1) is 12.4 Å². The number of nitrogens with one attached hydrogen (secondary N) is 1. The van der Waals surface area contributed by atoms with E-state index in [0.717, 1.165) is 17.9 Å². The van der Waals surface area contributed by atoms with E-state index in [9.17, 15) is 0 Å². The fraction of sp³-hybridized carbons (Fsp3) is 1.00. The first kappa shape index (κ1) is 8.35. The molecule has 2 aliphatic carbocycles. The highest BCUT2D eigenvalue weighted by atomic mass is 35.5. The molecule has 0 aromatic rings. The van der Waals surface area contributed by atoms with Crippen molar-refractivity contribution in [2.24, 2.45) is 11.8 Å². The van der Waals surface area contributed by atoms with Gasteiger partial charge in [-0.2, -0.15) is 0 Å². The first-order valence-electron chi connectivity index (χ1n) is 4.09. The third kappa shape index (κ3) is 1.06. The van der Waals surface area contributed by atoms with E-state index in [1.165, 1.54) is 25.7 Å². The Balaban J connectivity index is 0.000000500. The minimum absolute atomic E-state index is 0. The van der Waals surface area contributed by atoms with E-state index < -0.39 is 0 Å². The second-order valence-corrected chi connectivity index (χ2v) is 3.47. The molecule has 10 heavy (non-hydrogen) atoms. The summed E-state index contributed by atoms with van der Waals surface area (Å²) in [4.78, 5) is 0. The summed E-state index contributed by atoms with van der Waals surface area (Å²) in [5.74, 6) is 2.18. The first-order chi connectivity index (χ1) is 4.42. The molecule has 0 heterocycles. The largest absolute Gasteiger partial charge is 0.317 e. The van der Waals surface area contributed by atoms with Crippen molar-refractivity contribution in [3.05, 3.63) is 0 Å². The number of rotatable bonds is 1. The van der Waals surface area contributed by atoms with Crippen molar-refractivity contribution >= 4 is 12.4 Å². The van der Waals surface area contributed by atoms with E-state index in [2.05, 4.69) is 12.4 Å². The highest BCUT2D eigenvalue weighted by Gasteiger charge is 2.40. The van der Waals surface area contributed by atoms with Crippen LogP contribution < -0.4 is 5.32 Å². The van der Waals surface area contributed by atoms with Crippen molar-refractivity contribution in [3.63, 3.8) is 0 Å². The second-order valence-electron chi connectivity index (χ2n) is 3.47. The predicted molar refractivity (Wildman–Crippen MR) is 45.5 cm³/mol. The van der Waals surface area contributed by atoms with Crippen molar-refractivity contribution in [2.45, 2.75) is 31.7 Å². The maximum Gasteiger partial charge on any atom is 0.00950 e. The Morgan fingerprint density at radius 1 is 1.10 bits per heavy atom. The Kier molecular flexibility index (Phi) is 2.59. The Bertz CT molecular complexity index is 114. The van der Waals surface area contributed by atoms with Crippen LogP contribution in [0.15, 0.2) is 0 Å². The molecule has 0 aliphatic heterocycles. The summed E-state index contributed by atoms with van der Waals surface area (Å²) in [5.41, 5.74) is 0. The molecule has 3 atom stereocenters. The highest BCUT2D eigenvalue weighted by molar-refractivity contribution is 5.85. The molecule has 2 fully saturated rings. The molecule has 1 nitrogen and oxygen atoms in total. The van der Waals surface area contributed by atoms with E-state index in [-0.39, 0.29) is 12.4 Å². The Morgan fingerprint density at radius 3 is 2.10 bits per heavy atom. The molecule has 0 spiro atoms. The quantitative estimate of drug-likeness (QED) is 0.619.